The molecule has 2 heterocycles. The number of hydrogen-bond donors (Lipinski definition) is 1. The van der Waals surface area contributed by atoms with Crippen LogP contribution in [0.15, 0.2) is 73.4 Å². The third-order valence-corrected chi connectivity index (χ3v) is 5.37. The third kappa shape index (κ3) is 3.64. The molecule has 152 valence electrons. The summed E-state index contributed by atoms with van der Waals surface area (Å²) >= 11 is 0. The first-order valence-electron chi connectivity index (χ1n) is 10.0. The number of carbonyl (C=O) groups is 2. The van der Waals surface area contributed by atoms with Crippen LogP contribution in [0.5, 0.6) is 0 Å². The average Bonchev–Trinajstić information content (AvgIpc) is 3.42. The van der Waals surface area contributed by atoms with Crippen molar-refractivity contribution in [2.75, 3.05) is 0 Å². The number of Topliss-reactive ketones (excluding diaryl/α,β-unsaturated/α-hetero) is 1. The normalized spacial score (nSPS) is 12.1. The van der Waals surface area contributed by atoms with Gasteiger partial charge in [-0.25, -0.2) is 4.98 Å². The second kappa shape index (κ2) is 8.37. The minimum absolute atomic E-state index is 0.00512. The Bertz CT molecular complexity index is 1190. The highest BCUT2D eigenvalue weighted by Crippen LogP contribution is 2.27. The van der Waals surface area contributed by atoms with E-state index in [1.807, 2.05) is 70.8 Å². The highest BCUT2D eigenvalue weighted by atomic mass is 16.2. The van der Waals surface area contributed by atoms with Gasteiger partial charge in [-0.05, 0) is 31.0 Å². The summed E-state index contributed by atoms with van der Waals surface area (Å²) in [6.45, 7) is 3.94. The molecule has 4 aromatic rings. The first-order valence-corrected chi connectivity index (χ1v) is 10.0. The van der Waals surface area contributed by atoms with Crippen LogP contribution in [-0.2, 0) is 11.3 Å². The lowest BCUT2D eigenvalue weighted by Crippen LogP contribution is -2.32. The second-order valence-corrected chi connectivity index (χ2v) is 7.26. The summed E-state index contributed by atoms with van der Waals surface area (Å²) in [7, 11) is 0. The van der Waals surface area contributed by atoms with Gasteiger partial charge in [-0.2, -0.15) is 0 Å². The number of carbonyl (C=O) groups excluding carboxylic acids is 2. The topological polar surface area (TPSA) is 68.9 Å². The van der Waals surface area contributed by atoms with Crippen LogP contribution >= 0.6 is 0 Å². The van der Waals surface area contributed by atoms with E-state index in [0.29, 0.717) is 18.5 Å². The molecule has 0 bridgehead atoms. The van der Waals surface area contributed by atoms with Crippen LogP contribution in [0, 0.1) is 0 Å². The van der Waals surface area contributed by atoms with E-state index in [9.17, 15) is 9.59 Å². The molecule has 1 unspecified atom stereocenters. The third-order valence-electron chi connectivity index (χ3n) is 5.37. The molecule has 1 N–H and O–H groups in total. The number of aromatic nitrogens is 3. The quantitative estimate of drug-likeness (QED) is 0.470. The van der Waals surface area contributed by atoms with Crippen molar-refractivity contribution in [2.45, 2.75) is 32.9 Å². The van der Waals surface area contributed by atoms with Crippen LogP contribution in [-0.4, -0.2) is 25.8 Å². The van der Waals surface area contributed by atoms with Crippen molar-refractivity contribution in [1.82, 2.24) is 19.4 Å². The number of nitrogens with one attached hydrogen (secondary N) is 1. The summed E-state index contributed by atoms with van der Waals surface area (Å²) in [5.74, 6) is -0.0803. The summed E-state index contributed by atoms with van der Waals surface area (Å²) in [5.41, 5.74) is 3.51. The number of para-hydroxylation sites is 2. The smallest absolute Gasteiger partial charge is 0.243 e. The molecule has 0 spiro atoms. The van der Waals surface area contributed by atoms with Crippen LogP contribution in [0.2, 0.25) is 0 Å². The van der Waals surface area contributed by atoms with E-state index in [1.54, 1.807) is 25.6 Å². The van der Waals surface area contributed by atoms with Crippen LogP contribution in [0.4, 0.5) is 0 Å². The first-order chi connectivity index (χ1) is 14.6. The summed E-state index contributed by atoms with van der Waals surface area (Å²) in [5, 5.41) is 3.95. The molecule has 0 aliphatic rings. The van der Waals surface area contributed by atoms with Gasteiger partial charge < -0.3 is 14.5 Å². The minimum Gasteiger partial charge on any atom is -0.350 e. The summed E-state index contributed by atoms with van der Waals surface area (Å²) in [6, 6.07) is 15.2. The Labute approximate surface area is 175 Å². The molecule has 6 nitrogen and oxygen atoms in total. The molecule has 2 aromatic heterocycles. The Balaban J connectivity index is 1.60. The lowest BCUT2D eigenvalue weighted by Gasteiger charge is -2.19. The molecule has 0 aliphatic heterocycles. The average molecular weight is 400 g/mol. The molecule has 4 rings (SSSR count). The molecule has 0 saturated heterocycles. The number of nitrogens with zero attached hydrogens (tertiary/aromatic N) is 3. The predicted octanol–water partition coefficient (Wildman–Crippen LogP) is 4.30. The predicted molar refractivity (Wildman–Crippen MR) is 117 cm³/mol. The van der Waals surface area contributed by atoms with Gasteiger partial charge in [0.05, 0.1) is 12.0 Å². The maximum Gasteiger partial charge on any atom is 0.243 e. The molecular formula is C24H24N4O2. The maximum absolute atomic E-state index is 13.1. The SMILES string of the molecule is CCC(C(=O)NCc1ccccc1-n1ccnc1)n1cc(C(C)=O)c2ccccc21. The standard InChI is InChI=1S/C24H24N4O2/c1-3-21(28-15-20(17(2)29)19-9-5-7-11-23(19)28)24(30)26-14-18-8-4-6-10-22(18)27-13-12-25-16-27/h4-13,15-16,21H,3,14H2,1-2H3,(H,26,30). The largest absolute Gasteiger partial charge is 0.350 e. The molecular weight excluding hydrogens is 376 g/mol. The fraction of sp³-hybridized carbons (Fsp3) is 0.208. The maximum atomic E-state index is 13.1. The van der Waals surface area contributed by atoms with Crippen LogP contribution < -0.4 is 5.32 Å². The van der Waals surface area contributed by atoms with Gasteiger partial charge in [-0.3, -0.25) is 9.59 Å². The van der Waals surface area contributed by atoms with Gasteiger partial charge in [-0.1, -0.05) is 43.3 Å². The number of benzene rings is 2. The molecule has 0 radical (unpaired) electrons. The van der Waals surface area contributed by atoms with E-state index in [-0.39, 0.29) is 11.7 Å². The number of rotatable bonds is 7. The first kappa shape index (κ1) is 19.6. The van der Waals surface area contributed by atoms with Crippen molar-refractivity contribution in [1.29, 1.82) is 0 Å². The zero-order valence-corrected chi connectivity index (χ0v) is 17.1. The molecule has 0 aliphatic carbocycles. The highest BCUT2D eigenvalue weighted by Gasteiger charge is 2.22. The van der Waals surface area contributed by atoms with Crippen molar-refractivity contribution >= 4 is 22.6 Å². The van der Waals surface area contributed by atoms with E-state index < -0.39 is 6.04 Å². The molecule has 30 heavy (non-hydrogen) atoms. The van der Waals surface area contributed by atoms with Gasteiger partial charge in [0.1, 0.15) is 6.04 Å². The minimum atomic E-state index is -0.400. The number of fused-ring (bicyclic) bond motifs is 1. The van der Waals surface area contributed by atoms with Crippen molar-refractivity contribution in [3.05, 3.63) is 84.6 Å². The van der Waals surface area contributed by atoms with Gasteiger partial charge in [0, 0.05) is 41.6 Å². The summed E-state index contributed by atoms with van der Waals surface area (Å²) < 4.78 is 3.85. The van der Waals surface area contributed by atoms with Crippen molar-refractivity contribution in [3.63, 3.8) is 0 Å². The number of ketones is 1. The molecule has 1 amide bonds. The van der Waals surface area contributed by atoms with Gasteiger partial charge in [-0.15, -0.1) is 0 Å². The fourth-order valence-corrected chi connectivity index (χ4v) is 3.87. The zero-order chi connectivity index (χ0) is 21.1. The molecule has 2 aromatic carbocycles. The van der Waals surface area contributed by atoms with Crippen LogP contribution in [0.1, 0.15) is 42.2 Å². The van der Waals surface area contributed by atoms with E-state index in [1.165, 1.54) is 0 Å². The second-order valence-electron chi connectivity index (χ2n) is 7.26. The molecule has 0 fully saturated rings. The van der Waals surface area contributed by atoms with Crippen LogP contribution in [0.3, 0.4) is 0 Å². The monoisotopic (exact) mass is 400 g/mol. The van der Waals surface area contributed by atoms with E-state index in [2.05, 4.69) is 10.3 Å². The number of hydrogen-bond acceptors (Lipinski definition) is 3. The van der Waals surface area contributed by atoms with Crippen molar-refractivity contribution in [2.24, 2.45) is 0 Å². The Morgan fingerprint density at radius 3 is 2.60 bits per heavy atom. The van der Waals surface area contributed by atoms with Gasteiger partial charge in [0.15, 0.2) is 5.78 Å². The van der Waals surface area contributed by atoms with Crippen molar-refractivity contribution < 1.29 is 9.59 Å². The zero-order valence-electron chi connectivity index (χ0n) is 17.1. The Kier molecular flexibility index (Phi) is 5.48. The van der Waals surface area contributed by atoms with Gasteiger partial charge in [0.2, 0.25) is 5.91 Å². The molecule has 0 saturated carbocycles. The number of amides is 1. The van der Waals surface area contributed by atoms with E-state index in [0.717, 1.165) is 22.2 Å². The molecule has 6 heteroatoms. The summed E-state index contributed by atoms with van der Waals surface area (Å²) in [4.78, 5) is 29.3. The van der Waals surface area contributed by atoms with Crippen LogP contribution in [0.25, 0.3) is 16.6 Å². The summed E-state index contributed by atoms with van der Waals surface area (Å²) in [6.07, 6.45) is 7.77. The lowest BCUT2D eigenvalue weighted by atomic mass is 10.1. The Morgan fingerprint density at radius 2 is 1.87 bits per heavy atom. The van der Waals surface area contributed by atoms with Gasteiger partial charge >= 0.3 is 0 Å². The lowest BCUT2D eigenvalue weighted by molar-refractivity contribution is -0.124. The Hall–Kier alpha value is -3.67. The highest BCUT2D eigenvalue weighted by molar-refractivity contribution is 6.07. The fourth-order valence-electron chi connectivity index (χ4n) is 3.87. The van der Waals surface area contributed by atoms with E-state index >= 15 is 0 Å². The van der Waals surface area contributed by atoms with Crippen molar-refractivity contribution in [3.8, 4) is 5.69 Å². The van der Waals surface area contributed by atoms with E-state index in [4.69, 9.17) is 0 Å². The van der Waals surface area contributed by atoms with Gasteiger partial charge in [0.25, 0.3) is 0 Å². The Morgan fingerprint density at radius 1 is 1.10 bits per heavy atom. The number of imidazole rings is 1. The molecule has 1 atom stereocenters.